The molecule has 2 heterocycles. The summed E-state index contributed by atoms with van der Waals surface area (Å²) in [5.41, 5.74) is 2.43. The highest BCUT2D eigenvalue weighted by atomic mass is 127. The van der Waals surface area contributed by atoms with Gasteiger partial charge in [0.05, 0.1) is 18.9 Å². The van der Waals surface area contributed by atoms with Crippen molar-refractivity contribution < 1.29 is 9.15 Å². The van der Waals surface area contributed by atoms with Crippen LogP contribution in [0.2, 0.25) is 0 Å². The molecule has 0 saturated carbocycles. The van der Waals surface area contributed by atoms with Gasteiger partial charge in [0, 0.05) is 26.7 Å². The fourth-order valence-electron chi connectivity index (χ4n) is 3.62. The van der Waals surface area contributed by atoms with Crippen molar-refractivity contribution in [3.63, 3.8) is 0 Å². The second kappa shape index (κ2) is 12.9. The van der Waals surface area contributed by atoms with E-state index in [-0.39, 0.29) is 30.0 Å². The first-order valence-corrected chi connectivity index (χ1v) is 10.2. The average Bonchev–Trinajstić information content (AvgIpc) is 3.44. The summed E-state index contributed by atoms with van der Waals surface area (Å²) < 4.78 is 11.3. The van der Waals surface area contributed by atoms with E-state index in [2.05, 4.69) is 50.9 Å². The number of nitrogens with zero attached hydrogens (tertiary/aromatic N) is 2. The van der Waals surface area contributed by atoms with E-state index in [1.807, 2.05) is 13.0 Å². The van der Waals surface area contributed by atoms with Crippen molar-refractivity contribution in [2.45, 2.75) is 39.0 Å². The van der Waals surface area contributed by atoms with E-state index in [9.17, 15) is 0 Å². The van der Waals surface area contributed by atoms with Gasteiger partial charge >= 0.3 is 0 Å². The number of halogens is 1. The summed E-state index contributed by atoms with van der Waals surface area (Å²) in [6.07, 6.45) is 4.25. The second-order valence-electron chi connectivity index (χ2n) is 6.99. The number of rotatable bonds is 9. The number of guanidine groups is 1. The quantitative estimate of drug-likeness (QED) is 0.303. The zero-order valence-corrected chi connectivity index (χ0v) is 19.7. The molecule has 0 bridgehead atoms. The van der Waals surface area contributed by atoms with Crippen molar-refractivity contribution in [3.05, 3.63) is 59.5 Å². The third kappa shape index (κ3) is 7.01. The van der Waals surface area contributed by atoms with Gasteiger partial charge in [-0.1, -0.05) is 24.3 Å². The Morgan fingerprint density at radius 2 is 1.90 bits per heavy atom. The molecule has 0 aliphatic carbocycles. The number of benzene rings is 1. The molecule has 7 heteroatoms. The van der Waals surface area contributed by atoms with E-state index < -0.39 is 0 Å². The van der Waals surface area contributed by atoms with Crippen LogP contribution < -0.4 is 10.6 Å². The van der Waals surface area contributed by atoms with Crippen molar-refractivity contribution >= 4 is 29.9 Å². The Labute approximate surface area is 191 Å². The molecule has 3 rings (SSSR count). The van der Waals surface area contributed by atoms with Gasteiger partial charge in [-0.25, -0.2) is 0 Å². The number of likely N-dealkylation sites (tertiary alicyclic amines) is 1. The minimum atomic E-state index is 0. The lowest BCUT2D eigenvalue weighted by molar-refractivity contribution is 0.133. The van der Waals surface area contributed by atoms with Gasteiger partial charge in [-0.3, -0.25) is 9.89 Å². The third-order valence-electron chi connectivity index (χ3n) is 5.17. The van der Waals surface area contributed by atoms with Crippen molar-refractivity contribution in [2.75, 3.05) is 33.3 Å². The number of ether oxygens (including phenoxy) is 1. The fourth-order valence-corrected chi connectivity index (χ4v) is 3.62. The van der Waals surface area contributed by atoms with Crippen LogP contribution in [0.1, 0.15) is 42.7 Å². The average molecular weight is 512 g/mol. The number of nitrogens with one attached hydrogen (secondary N) is 2. The Bertz CT molecular complexity index is 730. The smallest absolute Gasteiger partial charge is 0.191 e. The molecule has 1 unspecified atom stereocenters. The van der Waals surface area contributed by atoms with Gasteiger partial charge in [0.1, 0.15) is 5.76 Å². The lowest BCUT2D eigenvalue weighted by atomic mass is 10.1. The lowest BCUT2D eigenvalue weighted by Gasteiger charge is -2.26. The summed E-state index contributed by atoms with van der Waals surface area (Å²) in [6, 6.07) is 12.6. The van der Waals surface area contributed by atoms with E-state index >= 15 is 0 Å². The number of hydrogen-bond donors (Lipinski definition) is 2. The minimum absolute atomic E-state index is 0. The second-order valence-corrected chi connectivity index (χ2v) is 6.99. The summed E-state index contributed by atoms with van der Waals surface area (Å²) >= 11 is 0. The summed E-state index contributed by atoms with van der Waals surface area (Å²) in [5.74, 6) is 1.80. The Morgan fingerprint density at radius 3 is 2.55 bits per heavy atom. The van der Waals surface area contributed by atoms with Gasteiger partial charge in [0.2, 0.25) is 0 Å². The first kappa shape index (κ1) is 23.7. The van der Waals surface area contributed by atoms with Crippen LogP contribution in [0.3, 0.4) is 0 Å². The van der Waals surface area contributed by atoms with Crippen molar-refractivity contribution in [1.29, 1.82) is 0 Å². The molecular weight excluding hydrogens is 479 g/mol. The highest BCUT2D eigenvalue weighted by Crippen LogP contribution is 2.24. The van der Waals surface area contributed by atoms with Crippen molar-refractivity contribution in [2.24, 2.45) is 4.99 Å². The van der Waals surface area contributed by atoms with Crippen LogP contribution in [-0.4, -0.2) is 44.1 Å². The predicted octanol–water partition coefficient (Wildman–Crippen LogP) is 3.94. The van der Waals surface area contributed by atoms with Crippen LogP contribution in [0, 0.1) is 0 Å². The van der Waals surface area contributed by atoms with E-state index in [0.717, 1.165) is 38.0 Å². The molecule has 1 aliphatic rings. The predicted molar refractivity (Wildman–Crippen MR) is 128 cm³/mol. The molecular formula is C22H33IN4O2. The van der Waals surface area contributed by atoms with Crippen LogP contribution in [0.15, 0.2) is 52.1 Å². The van der Waals surface area contributed by atoms with Crippen LogP contribution in [0.4, 0.5) is 0 Å². The Kier molecular flexibility index (Phi) is 10.5. The number of hydrogen-bond acceptors (Lipinski definition) is 4. The summed E-state index contributed by atoms with van der Waals surface area (Å²) in [7, 11) is 1.80. The van der Waals surface area contributed by atoms with E-state index in [1.54, 1.807) is 13.3 Å². The molecule has 0 spiro atoms. The van der Waals surface area contributed by atoms with Crippen LogP contribution in [0.25, 0.3) is 0 Å². The first-order chi connectivity index (χ1) is 13.8. The molecule has 0 radical (unpaired) electrons. The molecule has 29 heavy (non-hydrogen) atoms. The molecule has 6 nitrogen and oxygen atoms in total. The largest absolute Gasteiger partial charge is 0.468 e. The SMILES string of the molecule is CCOCc1ccccc1CNC(=NC)NCC(c1ccco1)N1CCCC1.I. The summed E-state index contributed by atoms with van der Waals surface area (Å²) in [4.78, 5) is 6.87. The topological polar surface area (TPSA) is 62.0 Å². The molecule has 1 atom stereocenters. The number of furan rings is 1. The van der Waals surface area contributed by atoms with Crippen LogP contribution in [-0.2, 0) is 17.9 Å². The van der Waals surface area contributed by atoms with E-state index in [1.165, 1.54) is 24.0 Å². The van der Waals surface area contributed by atoms with Crippen molar-refractivity contribution in [3.8, 4) is 0 Å². The van der Waals surface area contributed by atoms with Gasteiger partial charge in [-0.2, -0.15) is 0 Å². The summed E-state index contributed by atoms with van der Waals surface area (Å²) in [6.45, 7) is 7.06. The summed E-state index contributed by atoms with van der Waals surface area (Å²) in [5, 5.41) is 6.90. The van der Waals surface area contributed by atoms with Crippen LogP contribution >= 0.6 is 24.0 Å². The molecule has 2 N–H and O–H groups in total. The van der Waals surface area contributed by atoms with Crippen LogP contribution in [0.5, 0.6) is 0 Å². The number of aliphatic imine (C=N–C) groups is 1. The van der Waals surface area contributed by atoms with Gasteiger partial charge in [0.25, 0.3) is 0 Å². The normalized spacial score (nSPS) is 15.7. The van der Waals surface area contributed by atoms with Gasteiger partial charge in [-0.05, 0) is 56.1 Å². The van der Waals surface area contributed by atoms with Crippen molar-refractivity contribution in [1.82, 2.24) is 15.5 Å². The van der Waals surface area contributed by atoms with E-state index in [0.29, 0.717) is 13.2 Å². The zero-order chi connectivity index (χ0) is 19.6. The van der Waals surface area contributed by atoms with E-state index in [4.69, 9.17) is 9.15 Å². The van der Waals surface area contributed by atoms with Gasteiger partial charge in [0.15, 0.2) is 5.96 Å². The highest BCUT2D eigenvalue weighted by molar-refractivity contribution is 14.0. The maximum Gasteiger partial charge on any atom is 0.191 e. The van der Waals surface area contributed by atoms with Gasteiger partial charge in [-0.15, -0.1) is 24.0 Å². The molecule has 1 aromatic heterocycles. The molecule has 2 aromatic rings. The van der Waals surface area contributed by atoms with Gasteiger partial charge < -0.3 is 19.8 Å². The monoisotopic (exact) mass is 512 g/mol. The Morgan fingerprint density at radius 1 is 1.14 bits per heavy atom. The third-order valence-corrected chi connectivity index (χ3v) is 5.17. The highest BCUT2D eigenvalue weighted by Gasteiger charge is 2.25. The standard InChI is InChI=1S/C22H32N4O2.HI/c1-3-27-17-19-10-5-4-9-18(19)15-24-22(23-2)25-16-20(21-11-8-14-28-21)26-12-6-7-13-26;/h4-5,8-11,14,20H,3,6-7,12-13,15-17H2,1-2H3,(H2,23,24,25);1H. The maximum absolute atomic E-state index is 5.70. The zero-order valence-electron chi connectivity index (χ0n) is 17.4. The lowest BCUT2D eigenvalue weighted by Crippen LogP contribution is -2.42. The minimum Gasteiger partial charge on any atom is -0.468 e. The molecule has 1 fully saturated rings. The molecule has 1 saturated heterocycles. The Hall–Kier alpha value is -1.58. The molecule has 1 aliphatic heterocycles. The maximum atomic E-state index is 5.70. The Balaban J connectivity index is 0.00000300. The first-order valence-electron chi connectivity index (χ1n) is 10.2. The molecule has 160 valence electrons. The molecule has 1 aromatic carbocycles. The molecule has 0 amide bonds. The fraction of sp³-hybridized carbons (Fsp3) is 0.500.